The summed E-state index contributed by atoms with van der Waals surface area (Å²) in [5.41, 5.74) is 0. The third-order valence-electron chi connectivity index (χ3n) is 2.26. The standard InChI is InChI=1S/C8H13N3O2S2/c1-7-6-11(4-5-14-7)15(12,13)8-9-2-3-10-8/h2-3,7H,4-6H2,1H3,(H,9,10). The summed E-state index contributed by atoms with van der Waals surface area (Å²) in [7, 11) is -3.40. The van der Waals surface area contributed by atoms with Gasteiger partial charge >= 0.3 is 0 Å². The highest BCUT2D eigenvalue weighted by molar-refractivity contribution is 8.00. The van der Waals surface area contributed by atoms with Crippen LogP contribution in [0.1, 0.15) is 6.92 Å². The summed E-state index contributed by atoms with van der Waals surface area (Å²) in [6, 6.07) is 0. The number of hydrogen-bond donors (Lipinski definition) is 1. The van der Waals surface area contributed by atoms with Crippen LogP contribution in [0, 0.1) is 0 Å². The number of sulfonamides is 1. The molecule has 2 rings (SSSR count). The van der Waals surface area contributed by atoms with Gasteiger partial charge in [-0.05, 0) is 0 Å². The lowest BCUT2D eigenvalue weighted by Crippen LogP contribution is -2.41. The van der Waals surface area contributed by atoms with Crippen LogP contribution in [-0.2, 0) is 10.0 Å². The van der Waals surface area contributed by atoms with Gasteiger partial charge in [0.25, 0.3) is 10.0 Å². The summed E-state index contributed by atoms with van der Waals surface area (Å²) in [4.78, 5) is 6.44. The second kappa shape index (κ2) is 4.15. The molecule has 15 heavy (non-hydrogen) atoms. The Morgan fingerprint density at radius 2 is 2.47 bits per heavy atom. The Kier molecular flexibility index (Phi) is 3.03. The van der Waals surface area contributed by atoms with Crippen molar-refractivity contribution in [2.24, 2.45) is 0 Å². The van der Waals surface area contributed by atoms with Gasteiger partial charge in [-0.3, -0.25) is 0 Å². The van der Waals surface area contributed by atoms with Gasteiger partial charge in [0, 0.05) is 36.5 Å². The van der Waals surface area contributed by atoms with Gasteiger partial charge in [0.1, 0.15) is 0 Å². The molecular weight excluding hydrogens is 234 g/mol. The van der Waals surface area contributed by atoms with Crippen LogP contribution in [0.4, 0.5) is 0 Å². The Bertz CT molecular complexity index is 415. The highest BCUT2D eigenvalue weighted by atomic mass is 32.2. The van der Waals surface area contributed by atoms with Crippen LogP contribution in [0.2, 0.25) is 0 Å². The summed E-state index contributed by atoms with van der Waals surface area (Å²) in [5, 5.41) is 0.394. The zero-order valence-electron chi connectivity index (χ0n) is 8.38. The Morgan fingerprint density at radius 1 is 1.67 bits per heavy atom. The van der Waals surface area contributed by atoms with E-state index in [0.717, 1.165) is 5.75 Å². The zero-order valence-corrected chi connectivity index (χ0v) is 10.0. The molecular formula is C8H13N3O2S2. The van der Waals surface area contributed by atoms with Gasteiger partial charge < -0.3 is 4.98 Å². The first kappa shape index (κ1) is 11.0. The quantitative estimate of drug-likeness (QED) is 0.828. The van der Waals surface area contributed by atoms with E-state index in [0.29, 0.717) is 18.3 Å². The number of aromatic amines is 1. The lowest BCUT2D eigenvalue weighted by molar-refractivity contribution is 0.420. The monoisotopic (exact) mass is 247 g/mol. The summed E-state index contributed by atoms with van der Waals surface area (Å²) in [6.45, 7) is 3.17. The van der Waals surface area contributed by atoms with Crippen molar-refractivity contribution in [3.05, 3.63) is 12.4 Å². The fourth-order valence-electron chi connectivity index (χ4n) is 1.52. The lowest BCUT2D eigenvalue weighted by Gasteiger charge is -2.28. The van der Waals surface area contributed by atoms with Gasteiger partial charge in [0.2, 0.25) is 5.16 Å². The molecule has 1 aromatic heterocycles. The molecule has 1 aliphatic rings. The van der Waals surface area contributed by atoms with Crippen molar-refractivity contribution in [2.45, 2.75) is 17.3 Å². The average Bonchev–Trinajstić information content (AvgIpc) is 2.71. The number of imidazole rings is 1. The molecule has 84 valence electrons. The van der Waals surface area contributed by atoms with E-state index in [4.69, 9.17) is 0 Å². The molecule has 1 aliphatic heterocycles. The van der Waals surface area contributed by atoms with E-state index in [1.165, 1.54) is 16.7 Å². The van der Waals surface area contributed by atoms with Crippen molar-refractivity contribution in [2.75, 3.05) is 18.8 Å². The first-order valence-corrected chi connectivity index (χ1v) is 7.21. The van der Waals surface area contributed by atoms with Crippen LogP contribution >= 0.6 is 11.8 Å². The number of nitrogens with one attached hydrogen (secondary N) is 1. The van der Waals surface area contributed by atoms with Crippen LogP contribution < -0.4 is 0 Å². The lowest BCUT2D eigenvalue weighted by atomic mass is 10.4. The number of thioether (sulfide) groups is 1. The molecule has 0 saturated carbocycles. The van der Waals surface area contributed by atoms with E-state index in [2.05, 4.69) is 9.97 Å². The third kappa shape index (κ3) is 2.19. The molecule has 0 bridgehead atoms. The maximum absolute atomic E-state index is 12.0. The van der Waals surface area contributed by atoms with Crippen molar-refractivity contribution in [1.82, 2.24) is 14.3 Å². The molecule has 1 atom stereocenters. The molecule has 0 aromatic carbocycles. The SMILES string of the molecule is CC1CN(S(=O)(=O)c2ncc[nH]2)CCS1. The first-order chi connectivity index (χ1) is 7.10. The molecule has 0 amide bonds. The van der Waals surface area contributed by atoms with E-state index >= 15 is 0 Å². The molecule has 0 radical (unpaired) electrons. The molecule has 1 fully saturated rings. The molecule has 1 N–H and O–H groups in total. The largest absolute Gasteiger partial charge is 0.334 e. The molecule has 0 aliphatic carbocycles. The second-order valence-electron chi connectivity index (χ2n) is 3.44. The second-order valence-corrected chi connectivity index (χ2v) is 6.84. The molecule has 7 heteroatoms. The van der Waals surface area contributed by atoms with Crippen molar-refractivity contribution in [3.8, 4) is 0 Å². The van der Waals surface area contributed by atoms with Crippen LogP contribution in [0.25, 0.3) is 0 Å². The zero-order chi connectivity index (χ0) is 10.9. The predicted octanol–water partition coefficient (Wildman–Crippen LogP) is 0.536. The minimum absolute atomic E-state index is 0.0431. The molecule has 1 aromatic rings. The topological polar surface area (TPSA) is 66.1 Å². The van der Waals surface area contributed by atoms with Gasteiger partial charge in [-0.15, -0.1) is 0 Å². The summed E-state index contributed by atoms with van der Waals surface area (Å²) >= 11 is 1.80. The van der Waals surface area contributed by atoms with Crippen LogP contribution in [0.15, 0.2) is 17.6 Å². The number of rotatable bonds is 2. The van der Waals surface area contributed by atoms with Gasteiger partial charge in [-0.2, -0.15) is 16.1 Å². The summed E-state index contributed by atoms with van der Waals surface area (Å²) in [6.07, 6.45) is 2.98. The highest BCUT2D eigenvalue weighted by Crippen LogP contribution is 2.22. The fourth-order valence-corrected chi connectivity index (χ4v) is 4.15. The normalized spacial score (nSPS) is 24.2. The Labute approximate surface area is 93.3 Å². The van der Waals surface area contributed by atoms with Crippen molar-refractivity contribution in [3.63, 3.8) is 0 Å². The van der Waals surface area contributed by atoms with Gasteiger partial charge in [-0.25, -0.2) is 13.4 Å². The van der Waals surface area contributed by atoms with Gasteiger partial charge in [-0.1, -0.05) is 6.92 Å². The number of H-pyrrole nitrogens is 1. The molecule has 5 nitrogen and oxygen atoms in total. The molecule has 0 spiro atoms. The van der Waals surface area contributed by atoms with Crippen LogP contribution in [-0.4, -0.2) is 46.8 Å². The molecule has 1 saturated heterocycles. The van der Waals surface area contributed by atoms with Crippen molar-refractivity contribution >= 4 is 21.8 Å². The van der Waals surface area contributed by atoms with E-state index in [1.54, 1.807) is 11.8 Å². The van der Waals surface area contributed by atoms with Crippen molar-refractivity contribution in [1.29, 1.82) is 0 Å². The van der Waals surface area contributed by atoms with E-state index in [1.807, 2.05) is 6.92 Å². The molecule has 2 heterocycles. The number of hydrogen-bond acceptors (Lipinski definition) is 4. The predicted molar refractivity (Wildman–Crippen MR) is 59.3 cm³/mol. The van der Waals surface area contributed by atoms with Crippen LogP contribution in [0.5, 0.6) is 0 Å². The minimum atomic E-state index is -3.40. The Morgan fingerprint density at radius 3 is 3.07 bits per heavy atom. The van der Waals surface area contributed by atoms with E-state index in [-0.39, 0.29) is 5.16 Å². The molecule has 1 unspecified atom stereocenters. The third-order valence-corrected chi connectivity index (χ3v) is 5.12. The van der Waals surface area contributed by atoms with Crippen LogP contribution in [0.3, 0.4) is 0 Å². The highest BCUT2D eigenvalue weighted by Gasteiger charge is 2.30. The van der Waals surface area contributed by atoms with Crippen molar-refractivity contribution < 1.29 is 8.42 Å². The Balaban J connectivity index is 2.22. The minimum Gasteiger partial charge on any atom is -0.334 e. The Hall–Kier alpha value is -0.530. The summed E-state index contributed by atoms with van der Waals surface area (Å²) in [5.74, 6) is 0.848. The maximum atomic E-state index is 12.0. The van der Waals surface area contributed by atoms with E-state index in [9.17, 15) is 8.42 Å². The first-order valence-electron chi connectivity index (χ1n) is 4.72. The summed E-state index contributed by atoms with van der Waals surface area (Å²) < 4.78 is 25.5. The number of nitrogens with zero attached hydrogens (tertiary/aromatic N) is 2. The van der Waals surface area contributed by atoms with Gasteiger partial charge in [0.05, 0.1) is 0 Å². The maximum Gasteiger partial charge on any atom is 0.276 e. The van der Waals surface area contributed by atoms with Gasteiger partial charge in [0.15, 0.2) is 0 Å². The number of aromatic nitrogens is 2. The average molecular weight is 247 g/mol. The fraction of sp³-hybridized carbons (Fsp3) is 0.625. The van der Waals surface area contributed by atoms with E-state index < -0.39 is 10.0 Å². The smallest absolute Gasteiger partial charge is 0.276 e.